The monoisotopic (exact) mass is 215 g/mol. The fourth-order valence-corrected chi connectivity index (χ4v) is 1.43. The lowest BCUT2D eigenvalue weighted by molar-refractivity contribution is -0.00336. The third-order valence-electron chi connectivity index (χ3n) is 2.24. The Balaban J connectivity index is 4.59. The summed E-state index contributed by atoms with van der Waals surface area (Å²) < 4.78 is 25.7. The second kappa shape index (κ2) is 5.69. The number of nitrogens with two attached hydrogens (primary N) is 1. The summed E-state index contributed by atoms with van der Waals surface area (Å²) >= 11 is 0. The fourth-order valence-electron chi connectivity index (χ4n) is 1.43. The van der Waals surface area contributed by atoms with Crippen LogP contribution in [0.15, 0.2) is 37.1 Å². The van der Waals surface area contributed by atoms with Gasteiger partial charge in [-0.1, -0.05) is 38.3 Å². The highest BCUT2D eigenvalue weighted by molar-refractivity contribution is 5.07. The summed E-state index contributed by atoms with van der Waals surface area (Å²) in [7, 11) is 0. The van der Waals surface area contributed by atoms with Crippen LogP contribution in [0.2, 0.25) is 0 Å². The predicted octanol–water partition coefficient (Wildman–Crippen LogP) is 3.50. The minimum atomic E-state index is -2.72. The Hall–Kier alpha value is -1.12. The van der Waals surface area contributed by atoms with E-state index in [1.54, 1.807) is 18.2 Å². The average Bonchev–Trinajstić information content (AvgIpc) is 2.08. The highest BCUT2D eigenvalue weighted by Crippen LogP contribution is 2.30. The van der Waals surface area contributed by atoms with E-state index in [0.717, 1.165) is 6.92 Å². The average molecular weight is 215 g/mol. The molecule has 0 spiro atoms. The van der Waals surface area contributed by atoms with Crippen LogP contribution >= 0.6 is 0 Å². The first-order chi connectivity index (χ1) is 6.78. The molecule has 0 amide bonds. The van der Waals surface area contributed by atoms with E-state index in [0.29, 0.717) is 5.70 Å². The Morgan fingerprint density at radius 3 is 2.40 bits per heavy atom. The summed E-state index contributed by atoms with van der Waals surface area (Å²) in [6.45, 7) is 9.81. The van der Waals surface area contributed by atoms with Crippen molar-refractivity contribution in [2.24, 2.45) is 17.6 Å². The maximum Gasteiger partial charge on any atom is 0.246 e. The summed E-state index contributed by atoms with van der Waals surface area (Å²) in [5.41, 5.74) is 5.83. The minimum absolute atomic E-state index is 0.0636. The molecule has 0 saturated heterocycles. The molecule has 2 atom stereocenters. The molecule has 0 radical (unpaired) electrons. The van der Waals surface area contributed by atoms with Crippen molar-refractivity contribution in [2.45, 2.75) is 26.2 Å². The van der Waals surface area contributed by atoms with Gasteiger partial charge in [0.15, 0.2) is 0 Å². The molecule has 0 aliphatic carbocycles. The highest BCUT2D eigenvalue weighted by Gasteiger charge is 2.29. The van der Waals surface area contributed by atoms with E-state index in [-0.39, 0.29) is 12.3 Å². The first-order valence-electron chi connectivity index (χ1n) is 4.89. The van der Waals surface area contributed by atoms with Gasteiger partial charge in [0.05, 0.1) is 0 Å². The largest absolute Gasteiger partial charge is 0.402 e. The van der Waals surface area contributed by atoms with E-state index < -0.39 is 11.8 Å². The molecular formula is C12H19F2N. The van der Waals surface area contributed by atoms with Crippen molar-refractivity contribution in [2.75, 3.05) is 0 Å². The van der Waals surface area contributed by atoms with E-state index in [4.69, 9.17) is 5.73 Å². The van der Waals surface area contributed by atoms with Gasteiger partial charge in [0.1, 0.15) is 0 Å². The van der Waals surface area contributed by atoms with Gasteiger partial charge in [-0.2, -0.15) is 0 Å². The lowest BCUT2D eigenvalue weighted by Gasteiger charge is -2.24. The molecule has 0 fully saturated rings. The van der Waals surface area contributed by atoms with Crippen molar-refractivity contribution in [1.82, 2.24) is 0 Å². The van der Waals surface area contributed by atoms with E-state index in [2.05, 4.69) is 13.2 Å². The van der Waals surface area contributed by atoms with Gasteiger partial charge in [0.25, 0.3) is 0 Å². The quantitative estimate of drug-likeness (QED) is 0.674. The van der Waals surface area contributed by atoms with Gasteiger partial charge in [-0.3, -0.25) is 0 Å². The molecule has 0 aliphatic heterocycles. The Labute approximate surface area is 90.4 Å². The summed E-state index contributed by atoms with van der Waals surface area (Å²) in [5, 5.41) is 0. The van der Waals surface area contributed by atoms with Gasteiger partial charge < -0.3 is 5.73 Å². The van der Waals surface area contributed by atoms with Gasteiger partial charge in [-0.15, -0.1) is 0 Å². The molecule has 1 nitrogen and oxygen atoms in total. The molecule has 86 valence electrons. The molecule has 0 aromatic carbocycles. The van der Waals surface area contributed by atoms with Gasteiger partial charge in [-0.05, 0) is 12.8 Å². The van der Waals surface area contributed by atoms with E-state index in [1.807, 2.05) is 6.92 Å². The lowest BCUT2D eigenvalue weighted by atomic mass is 9.86. The van der Waals surface area contributed by atoms with Crippen LogP contribution in [0.1, 0.15) is 20.3 Å². The molecule has 15 heavy (non-hydrogen) atoms. The third kappa shape index (κ3) is 6.05. The molecular weight excluding hydrogens is 196 g/mol. The van der Waals surface area contributed by atoms with Crippen molar-refractivity contribution >= 4 is 0 Å². The van der Waals surface area contributed by atoms with Crippen LogP contribution in [0, 0.1) is 11.8 Å². The number of allylic oxidation sites excluding steroid dienone is 4. The van der Waals surface area contributed by atoms with Gasteiger partial charge in [0, 0.05) is 18.0 Å². The van der Waals surface area contributed by atoms with Crippen LogP contribution in [0.25, 0.3) is 0 Å². The van der Waals surface area contributed by atoms with Crippen molar-refractivity contribution in [3.8, 4) is 0 Å². The fraction of sp³-hybridized carbons (Fsp3) is 0.500. The Kier molecular flexibility index (Phi) is 5.26. The molecule has 0 rings (SSSR count). The first kappa shape index (κ1) is 13.9. The predicted molar refractivity (Wildman–Crippen MR) is 60.6 cm³/mol. The van der Waals surface area contributed by atoms with Gasteiger partial charge >= 0.3 is 0 Å². The van der Waals surface area contributed by atoms with Crippen LogP contribution in [-0.2, 0) is 0 Å². The van der Waals surface area contributed by atoms with Gasteiger partial charge in [-0.25, -0.2) is 8.78 Å². The number of alkyl halides is 2. The van der Waals surface area contributed by atoms with Gasteiger partial charge in [0.2, 0.25) is 5.92 Å². The molecule has 0 aromatic heterocycles. The van der Waals surface area contributed by atoms with E-state index in [9.17, 15) is 8.78 Å². The highest BCUT2D eigenvalue weighted by atomic mass is 19.3. The summed E-state index contributed by atoms with van der Waals surface area (Å²) in [4.78, 5) is 0. The number of rotatable bonds is 6. The summed E-state index contributed by atoms with van der Waals surface area (Å²) in [6, 6.07) is 0. The molecule has 0 heterocycles. The number of halogens is 2. The van der Waals surface area contributed by atoms with Crippen LogP contribution in [-0.4, -0.2) is 5.92 Å². The van der Waals surface area contributed by atoms with Crippen LogP contribution in [0.5, 0.6) is 0 Å². The lowest BCUT2D eigenvalue weighted by Crippen LogP contribution is -2.25. The molecule has 2 unspecified atom stereocenters. The molecule has 3 heteroatoms. The molecule has 0 aromatic rings. The second-order valence-electron chi connectivity index (χ2n) is 3.94. The summed E-state index contributed by atoms with van der Waals surface area (Å²) in [6.07, 6.45) is 4.87. The Morgan fingerprint density at radius 1 is 1.53 bits per heavy atom. The zero-order valence-electron chi connectivity index (χ0n) is 9.34. The summed E-state index contributed by atoms with van der Waals surface area (Å²) in [5.74, 6) is -3.18. The van der Waals surface area contributed by atoms with E-state index >= 15 is 0 Å². The molecule has 2 N–H and O–H groups in total. The molecule has 0 saturated carbocycles. The topological polar surface area (TPSA) is 26.0 Å². The Morgan fingerprint density at radius 2 is 2.07 bits per heavy atom. The maximum absolute atomic E-state index is 12.9. The standard InChI is InChI=1S/C12H19F2N/c1-5-6-7-9(2)11(10(3)15)8-12(4,13)14/h5-7,9,11H,1,3,8,15H2,2,4H3/b7-6-. The minimum Gasteiger partial charge on any atom is -0.402 e. The van der Waals surface area contributed by atoms with Crippen LogP contribution < -0.4 is 5.73 Å². The molecule has 0 bridgehead atoms. The third-order valence-corrected chi connectivity index (χ3v) is 2.24. The normalized spacial score (nSPS) is 16.3. The number of hydrogen-bond donors (Lipinski definition) is 1. The smallest absolute Gasteiger partial charge is 0.246 e. The molecule has 0 aliphatic rings. The number of hydrogen-bond acceptors (Lipinski definition) is 1. The van der Waals surface area contributed by atoms with E-state index in [1.165, 1.54) is 0 Å². The van der Waals surface area contributed by atoms with Crippen LogP contribution in [0.4, 0.5) is 8.78 Å². The zero-order chi connectivity index (χ0) is 12.1. The van der Waals surface area contributed by atoms with Crippen LogP contribution in [0.3, 0.4) is 0 Å². The zero-order valence-corrected chi connectivity index (χ0v) is 9.34. The van der Waals surface area contributed by atoms with Crippen molar-refractivity contribution in [3.05, 3.63) is 37.1 Å². The second-order valence-corrected chi connectivity index (χ2v) is 3.94. The van der Waals surface area contributed by atoms with Crippen molar-refractivity contribution < 1.29 is 8.78 Å². The maximum atomic E-state index is 12.9. The van der Waals surface area contributed by atoms with Crippen molar-refractivity contribution in [3.63, 3.8) is 0 Å². The Bertz CT molecular complexity index is 251. The SMILES string of the molecule is C=C/C=C\C(C)C(CC(C)(F)F)C(=C)N. The van der Waals surface area contributed by atoms with Crippen molar-refractivity contribution in [1.29, 1.82) is 0 Å². The first-order valence-corrected chi connectivity index (χ1v) is 4.89.